The second-order valence-electron chi connectivity index (χ2n) is 5.41. The number of hydrogen-bond donors (Lipinski definition) is 0. The summed E-state index contributed by atoms with van der Waals surface area (Å²) >= 11 is 0. The van der Waals surface area contributed by atoms with E-state index in [1.807, 2.05) is 18.2 Å². The molecule has 1 aromatic rings. The molecule has 20 heavy (non-hydrogen) atoms. The first kappa shape index (κ1) is 13.8. The molecule has 0 N–H and O–H groups in total. The van der Waals surface area contributed by atoms with Crippen LogP contribution >= 0.6 is 0 Å². The molecule has 1 spiro atoms. The number of ether oxygens (including phenoxy) is 2. The number of pyridine rings is 1. The quantitative estimate of drug-likeness (QED) is 0.810. The highest BCUT2D eigenvalue weighted by atomic mass is 32.2. The van der Waals surface area contributed by atoms with E-state index >= 15 is 0 Å². The zero-order valence-corrected chi connectivity index (χ0v) is 12.2. The van der Waals surface area contributed by atoms with Crippen LogP contribution < -0.4 is 4.74 Å². The Bertz CT molecular complexity index is 569. The lowest BCUT2D eigenvalue weighted by molar-refractivity contribution is -0.107. The van der Waals surface area contributed by atoms with Gasteiger partial charge in [-0.25, -0.2) is 13.4 Å². The third kappa shape index (κ3) is 2.53. The maximum atomic E-state index is 11.5. The van der Waals surface area contributed by atoms with Crippen LogP contribution in [-0.2, 0) is 14.8 Å². The smallest absolute Gasteiger partial charge is 0.213 e. The fourth-order valence-corrected chi connectivity index (χ4v) is 3.68. The van der Waals surface area contributed by atoms with E-state index in [9.17, 15) is 8.42 Å². The van der Waals surface area contributed by atoms with E-state index in [1.165, 1.54) is 10.6 Å². The highest BCUT2D eigenvalue weighted by Crippen LogP contribution is 2.41. The molecule has 1 aromatic heterocycles. The summed E-state index contributed by atoms with van der Waals surface area (Å²) in [5.41, 5.74) is -0.363. The standard InChI is InChI=1S/C13H18N2O4S/c1-20(16,17)15-9-13(10-15)11(5-7-19-13)8-18-12-4-2-3-6-14-12/h2-4,6,11H,5,7-10H2,1H3/t11-/m0/s1. The van der Waals surface area contributed by atoms with Crippen LogP contribution in [0.15, 0.2) is 24.4 Å². The summed E-state index contributed by atoms with van der Waals surface area (Å²) in [6.45, 7) is 2.03. The molecule has 3 rings (SSSR count). The Morgan fingerprint density at radius 1 is 1.50 bits per heavy atom. The highest BCUT2D eigenvalue weighted by molar-refractivity contribution is 7.88. The molecule has 0 radical (unpaired) electrons. The van der Waals surface area contributed by atoms with Crippen molar-refractivity contribution in [3.05, 3.63) is 24.4 Å². The first-order valence-electron chi connectivity index (χ1n) is 6.62. The SMILES string of the molecule is CS(=O)(=O)N1CC2(C1)OCC[C@H]2COc1ccccn1. The van der Waals surface area contributed by atoms with Crippen molar-refractivity contribution in [2.24, 2.45) is 5.92 Å². The molecule has 0 unspecified atom stereocenters. The number of sulfonamides is 1. The summed E-state index contributed by atoms with van der Waals surface area (Å²) in [7, 11) is -3.12. The molecule has 1 atom stereocenters. The molecule has 110 valence electrons. The topological polar surface area (TPSA) is 68.7 Å². The molecular weight excluding hydrogens is 280 g/mol. The second-order valence-corrected chi connectivity index (χ2v) is 7.39. The molecule has 2 aliphatic heterocycles. The molecule has 2 fully saturated rings. The highest BCUT2D eigenvalue weighted by Gasteiger charge is 2.55. The minimum Gasteiger partial charge on any atom is -0.477 e. The van der Waals surface area contributed by atoms with Crippen molar-refractivity contribution in [3.8, 4) is 5.88 Å². The van der Waals surface area contributed by atoms with Gasteiger partial charge in [-0.15, -0.1) is 0 Å². The Kier molecular flexibility index (Phi) is 3.43. The average Bonchev–Trinajstić information content (AvgIpc) is 2.78. The first-order valence-corrected chi connectivity index (χ1v) is 8.47. The van der Waals surface area contributed by atoms with Crippen LogP contribution in [0.3, 0.4) is 0 Å². The number of aromatic nitrogens is 1. The lowest BCUT2D eigenvalue weighted by Gasteiger charge is -2.48. The monoisotopic (exact) mass is 298 g/mol. The summed E-state index contributed by atoms with van der Waals surface area (Å²) in [6, 6.07) is 5.52. The molecule has 7 heteroatoms. The average molecular weight is 298 g/mol. The molecule has 3 heterocycles. The lowest BCUT2D eigenvalue weighted by atomic mass is 9.83. The van der Waals surface area contributed by atoms with Gasteiger partial charge in [0.15, 0.2) is 0 Å². The third-order valence-corrected chi connectivity index (χ3v) is 5.22. The minimum atomic E-state index is -3.12. The van der Waals surface area contributed by atoms with Gasteiger partial charge in [-0.3, -0.25) is 0 Å². The second kappa shape index (κ2) is 4.98. The molecule has 0 aliphatic carbocycles. The van der Waals surface area contributed by atoms with Crippen molar-refractivity contribution in [2.75, 3.05) is 32.6 Å². The normalized spacial score (nSPS) is 25.6. The van der Waals surface area contributed by atoms with Crippen LogP contribution in [0.25, 0.3) is 0 Å². The van der Waals surface area contributed by atoms with E-state index in [0.29, 0.717) is 32.2 Å². The van der Waals surface area contributed by atoms with Gasteiger partial charge in [0.05, 0.1) is 12.9 Å². The molecular formula is C13H18N2O4S. The van der Waals surface area contributed by atoms with Crippen molar-refractivity contribution >= 4 is 10.0 Å². The maximum absolute atomic E-state index is 11.5. The molecule has 0 bridgehead atoms. The van der Waals surface area contributed by atoms with Crippen LogP contribution in [0.2, 0.25) is 0 Å². The zero-order valence-electron chi connectivity index (χ0n) is 11.4. The van der Waals surface area contributed by atoms with Crippen molar-refractivity contribution in [1.29, 1.82) is 0 Å². The summed E-state index contributed by atoms with van der Waals surface area (Å²) < 4.78 is 35.9. The van der Waals surface area contributed by atoms with Crippen molar-refractivity contribution < 1.29 is 17.9 Å². The fourth-order valence-electron chi connectivity index (χ4n) is 2.77. The Hall–Kier alpha value is -1.18. The van der Waals surface area contributed by atoms with Crippen molar-refractivity contribution in [2.45, 2.75) is 12.0 Å². The van der Waals surface area contributed by atoms with Gasteiger partial charge in [0.25, 0.3) is 0 Å². The van der Waals surface area contributed by atoms with Gasteiger partial charge in [-0.05, 0) is 12.5 Å². The Labute approximate surface area is 118 Å². The van der Waals surface area contributed by atoms with Gasteiger partial charge < -0.3 is 9.47 Å². The Morgan fingerprint density at radius 3 is 2.95 bits per heavy atom. The summed E-state index contributed by atoms with van der Waals surface area (Å²) in [6.07, 6.45) is 3.81. The predicted octanol–water partition coefficient (Wildman–Crippen LogP) is 0.511. The Balaban J connectivity index is 1.60. The van der Waals surface area contributed by atoms with E-state index in [1.54, 1.807) is 6.20 Å². The minimum absolute atomic E-state index is 0.211. The third-order valence-electron chi connectivity index (χ3n) is 4.03. The summed E-state index contributed by atoms with van der Waals surface area (Å²) in [4.78, 5) is 4.12. The van der Waals surface area contributed by atoms with Crippen molar-refractivity contribution in [1.82, 2.24) is 9.29 Å². The van der Waals surface area contributed by atoms with E-state index in [4.69, 9.17) is 9.47 Å². The molecule has 6 nitrogen and oxygen atoms in total. The van der Waals surface area contributed by atoms with Crippen LogP contribution in [0, 0.1) is 5.92 Å². The largest absolute Gasteiger partial charge is 0.477 e. The fraction of sp³-hybridized carbons (Fsp3) is 0.615. The number of nitrogens with zero attached hydrogens (tertiary/aromatic N) is 2. The van der Waals surface area contributed by atoms with Crippen LogP contribution in [0.4, 0.5) is 0 Å². The molecule has 0 aromatic carbocycles. The zero-order chi connectivity index (χ0) is 14.2. The molecule has 2 aliphatic rings. The van der Waals surface area contributed by atoms with Gasteiger partial charge in [0.1, 0.15) is 5.60 Å². The van der Waals surface area contributed by atoms with Gasteiger partial charge >= 0.3 is 0 Å². The van der Waals surface area contributed by atoms with Crippen LogP contribution in [-0.4, -0.2) is 55.9 Å². The Morgan fingerprint density at radius 2 is 2.30 bits per heavy atom. The number of rotatable bonds is 4. The van der Waals surface area contributed by atoms with Crippen LogP contribution in [0.5, 0.6) is 5.88 Å². The van der Waals surface area contributed by atoms with Gasteiger partial charge in [0, 0.05) is 37.9 Å². The predicted molar refractivity (Wildman–Crippen MR) is 72.9 cm³/mol. The molecule has 0 saturated carbocycles. The van der Waals surface area contributed by atoms with E-state index in [0.717, 1.165) is 6.42 Å². The van der Waals surface area contributed by atoms with Crippen LogP contribution in [0.1, 0.15) is 6.42 Å². The van der Waals surface area contributed by atoms with E-state index < -0.39 is 10.0 Å². The van der Waals surface area contributed by atoms with Gasteiger partial charge in [-0.2, -0.15) is 4.31 Å². The van der Waals surface area contributed by atoms with Gasteiger partial charge in [0.2, 0.25) is 15.9 Å². The summed E-state index contributed by atoms with van der Waals surface area (Å²) in [5.74, 6) is 0.802. The first-order chi connectivity index (χ1) is 9.50. The summed E-state index contributed by atoms with van der Waals surface area (Å²) in [5, 5.41) is 0. The van der Waals surface area contributed by atoms with Gasteiger partial charge in [-0.1, -0.05) is 6.07 Å². The van der Waals surface area contributed by atoms with Crippen molar-refractivity contribution in [3.63, 3.8) is 0 Å². The van der Waals surface area contributed by atoms with E-state index in [-0.39, 0.29) is 11.5 Å². The number of hydrogen-bond acceptors (Lipinski definition) is 5. The maximum Gasteiger partial charge on any atom is 0.213 e. The molecule has 2 saturated heterocycles. The van der Waals surface area contributed by atoms with E-state index in [2.05, 4.69) is 4.98 Å². The lowest BCUT2D eigenvalue weighted by Crippen LogP contribution is -2.66. The molecule has 0 amide bonds.